The van der Waals surface area contributed by atoms with Crippen LogP contribution >= 0.6 is 0 Å². The molecule has 4 nitrogen and oxygen atoms in total. The van der Waals surface area contributed by atoms with E-state index in [0.29, 0.717) is 18.7 Å². The number of carbonyl (C=O) groups excluding carboxylic acids is 1. The van der Waals surface area contributed by atoms with Crippen molar-refractivity contribution < 1.29 is 9.00 Å². The largest absolute Gasteiger partial charge is 0.349 e. The molecule has 5 heteroatoms. The molecular formula is C8H18N2O2S. The van der Waals surface area contributed by atoms with E-state index < -0.39 is 10.8 Å². The van der Waals surface area contributed by atoms with Crippen LogP contribution < -0.4 is 5.73 Å². The standard InChI is InChI=1S/C8H18N2O2S/c1-7(6-9)13(12)5-4-8(11)10(2)3/h7H,4-6,9H2,1-3H3. The van der Waals surface area contributed by atoms with Gasteiger partial charge in [-0.1, -0.05) is 0 Å². The van der Waals surface area contributed by atoms with Crippen LogP contribution in [-0.4, -0.2) is 46.7 Å². The Balaban J connectivity index is 3.77. The van der Waals surface area contributed by atoms with Crippen LogP contribution in [-0.2, 0) is 15.6 Å². The summed E-state index contributed by atoms with van der Waals surface area (Å²) in [5, 5.41) is -0.0186. The molecule has 0 rings (SSSR count). The molecule has 1 amide bonds. The summed E-state index contributed by atoms with van der Waals surface area (Å²) in [6, 6.07) is 0. The highest BCUT2D eigenvalue weighted by atomic mass is 32.2. The van der Waals surface area contributed by atoms with E-state index in [1.807, 2.05) is 6.92 Å². The SMILES string of the molecule is CC(CN)S(=O)CCC(=O)N(C)C. The van der Waals surface area contributed by atoms with Gasteiger partial charge in [0.1, 0.15) is 0 Å². The van der Waals surface area contributed by atoms with Gasteiger partial charge in [-0.25, -0.2) is 0 Å². The first-order valence-corrected chi connectivity index (χ1v) is 5.64. The van der Waals surface area contributed by atoms with E-state index in [2.05, 4.69) is 0 Å². The zero-order valence-corrected chi connectivity index (χ0v) is 9.26. The van der Waals surface area contributed by atoms with Gasteiger partial charge < -0.3 is 10.6 Å². The molecule has 78 valence electrons. The fourth-order valence-corrected chi connectivity index (χ4v) is 1.71. The van der Waals surface area contributed by atoms with Gasteiger partial charge in [0.25, 0.3) is 0 Å². The molecular weight excluding hydrogens is 188 g/mol. The highest BCUT2D eigenvalue weighted by Crippen LogP contribution is 1.97. The van der Waals surface area contributed by atoms with Crippen molar-refractivity contribution in [1.82, 2.24) is 4.90 Å². The molecule has 0 heterocycles. The summed E-state index contributed by atoms with van der Waals surface area (Å²) in [6.07, 6.45) is 0.337. The van der Waals surface area contributed by atoms with Crippen LogP contribution in [0.3, 0.4) is 0 Å². The average Bonchev–Trinajstić information content (AvgIpc) is 2.11. The van der Waals surface area contributed by atoms with Crippen molar-refractivity contribution in [3.63, 3.8) is 0 Å². The quantitative estimate of drug-likeness (QED) is 0.663. The monoisotopic (exact) mass is 206 g/mol. The summed E-state index contributed by atoms with van der Waals surface area (Å²) in [6.45, 7) is 2.24. The van der Waals surface area contributed by atoms with Gasteiger partial charge in [0, 0.05) is 48.9 Å². The maximum absolute atomic E-state index is 11.4. The molecule has 0 aromatic carbocycles. The number of hydrogen-bond acceptors (Lipinski definition) is 3. The number of amides is 1. The second-order valence-electron chi connectivity index (χ2n) is 3.17. The van der Waals surface area contributed by atoms with Gasteiger partial charge in [0.05, 0.1) is 0 Å². The van der Waals surface area contributed by atoms with Crippen molar-refractivity contribution in [3.05, 3.63) is 0 Å². The Kier molecular flexibility index (Phi) is 5.90. The average molecular weight is 206 g/mol. The van der Waals surface area contributed by atoms with Crippen LogP contribution in [0.5, 0.6) is 0 Å². The zero-order valence-electron chi connectivity index (χ0n) is 8.45. The molecule has 0 aliphatic rings. The molecule has 13 heavy (non-hydrogen) atoms. The third-order valence-corrected chi connectivity index (χ3v) is 3.49. The van der Waals surface area contributed by atoms with Crippen molar-refractivity contribution in [2.75, 3.05) is 26.4 Å². The van der Waals surface area contributed by atoms with Gasteiger partial charge >= 0.3 is 0 Å². The van der Waals surface area contributed by atoms with Gasteiger partial charge in [-0.15, -0.1) is 0 Å². The molecule has 0 radical (unpaired) electrons. The highest BCUT2D eigenvalue weighted by molar-refractivity contribution is 7.85. The van der Waals surface area contributed by atoms with Crippen LogP contribution in [0.4, 0.5) is 0 Å². The lowest BCUT2D eigenvalue weighted by Gasteiger charge is -2.11. The second-order valence-corrected chi connectivity index (χ2v) is 5.14. The van der Waals surface area contributed by atoms with Gasteiger partial charge in [-0.05, 0) is 6.92 Å². The molecule has 0 bridgehead atoms. The summed E-state index contributed by atoms with van der Waals surface area (Å²) in [4.78, 5) is 12.6. The molecule has 2 atom stereocenters. The van der Waals surface area contributed by atoms with Gasteiger partial charge in [0.15, 0.2) is 0 Å². The summed E-state index contributed by atoms with van der Waals surface area (Å²) >= 11 is 0. The third-order valence-electron chi connectivity index (χ3n) is 1.80. The van der Waals surface area contributed by atoms with Crippen LogP contribution in [0.15, 0.2) is 0 Å². The van der Waals surface area contributed by atoms with E-state index in [-0.39, 0.29) is 11.2 Å². The zero-order chi connectivity index (χ0) is 10.4. The third kappa shape index (κ3) is 5.00. The Hall–Kier alpha value is -0.420. The van der Waals surface area contributed by atoms with E-state index in [9.17, 15) is 9.00 Å². The smallest absolute Gasteiger partial charge is 0.222 e. The van der Waals surface area contributed by atoms with E-state index in [1.54, 1.807) is 14.1 Å². The molecule has 0 spiro atoms. The first-order chi connectivity index (χ1) is 5.99. The summed E-state index contributed by atoms with van der Waals surface area (Å²) in [5.41, 5.74) is 5.35. The first kappa shape index (κ1) is 12.6. The maximum Gasteiger partial charge on any atom is 0.222 e. The summed E-state index contributed by atoms with van der Waals surface area (Å²) < 4.78 is 11.4. The van der Waals surface area contributed by atoms with Gasteiger partial charge in [-0.2, -0.15) is 0 Å². The summed E-state index contributed by atoms with van der Waals surface area (Å²) in [7, 11) is 2.41. The lowest BCUT2D eigenvalue weighted by molar-refractivity contribution is -0.128. The number of hydrogen-bond donors (Lipinski definition) is 1. The number of rotatable bonds is 5. The van der Waals surface area contributed by atoms with Crippen molar-refractivity contribution in [2.24, 2.45) is 5.73 Å². The Labute approximate surface area is 81.9 Å². The maximum atomic E-state index is 11.4. The fraction of sp³-hybridized carbons (Fsp3) is 0.875. The van der Waals surface area contributed by atoms with Crippen LogP contribution in [0.25, 0.3) is 0 Å². The minimum Gasteiger partial charge on any atom is -0.349 e. The number of carbonyl (C=O) groups is 1. The molecule has 0 aromatic heterocycles. The molecule has 0 aliphatic carbocycles. The van der Waals surface area contributed by atoms with Crippen molar-refractivity contribution in [2.45, 2.75) is 18.6 Å². The Bertz CT molecular complexity index is 195. The predicted molar refractivity (Wildman–Crippen MR) is 54.8 cm³/mol. The van der Waals surface area contributed by atoms with Crippen LogP contribution in [0.2, 0.25) is 0 Å². The Morgan fingerprint density at radius 3 is 2.46 bits per heavy atom. The lowest BCUT2D eigenvalue weighted by Crippen LogP contribution is -2.27. The second kappa shape index (κ2) is 6.10. The van der Waals surface area contributed by atoms with Crippen molar-refractivity contribution in [1.29, 1.82) is 0 Å². The van der Waals surface area contributed by atoms with E-state index >= 15 is 0 Å². The van der Waals surface area contributed by atoms with Gasteiger partial charge in [-0.3, -0.25) is 9.00 Å². The van der Waals surface area contributed by atoms with E-state index in [1.165, 1.54) is 4.90 Å². The molecule has 0 saturated heterocycles. The van der Waals surface area contributed by atoms with E-state index in [0.717, 1.165) is 0 Å². The molecule has 0 saturated carbocycles. The minimum absolute atomic E-state index is 0.0116. The molecule has 0 fully saturated rings. The molecule has 0 aromatic rings. The highest BCUT2D eigenvalue weighted by Gasteiger charge is 2.11. The van der Waals surface area contributed by atoms with Gasteiger partial charge in [0.2, 0.25) is 5.91 Å². The normalized spacial score (nSPS) is 15.1. The topological polar surface area (TPSA) is 63.4 Å². The van der Waals surface area contributed by atoms with Crippen molar-refractivity contribution in [3.8, 4) is 0 Å². The van der Waals surface area contributed by atoms with E-state index in [4.69, 9.17) is 5.73 Å². The fourth-order valence-electron chi connectivity index (χ4n) is 0.720. The Morgan fingerprint density at radius 2 is 2.08 bits per heavy atom. The first-order valence-electron chi connectivity index (χ1n) is 4.26. The van der Waals surface area contributed by atoms with Crippen LogP contribution in [0, 0.1) is 0 Å². The predicted octanol–water partition coefficient (Wildman–Crippen LogP) is -0.439. The number of nitrogens with zero attached hydrogens (tertiary/aromatic N) is 1. The lowest BCUT2D eigenvalue weighted by atomic mass is 10.4. The Morgan fingerprint density at radius 1 is 1.54 bits per heavy atom. The summed E-state index contributed by atoms with van der Waals surface area (Å²) in [5.74, 6) is 0.424. The van der Waals surface area contributed by atoms with Crippen LogP contribution in [0.1, 0.15) is 13.3 Å². The minimum atomic E-state index is -0.974. The molecule has 0 aliphatic heterocycles. The molecule has 2 unspecified atom stereocenters. The number of nitrogens with two attached hydrogens (primary N) is 1. The van der Waals surface area contributed by atoms with Crippen molar-refractivity contribution >= 4 is 16.7 Å². The molecule has 2 N–H and O–H groups in total.